The number of hydrogen-bond donors (Lipinski definition) is 0. The van der Waals surface area contributed by atoms with Gasteiger partial charge in [0.2, 0.25) is 0 Å². The van der Waals surface area contributed by atoms with Gasteiger partial charge in [-0.1, -0.05) is 0 Å². The first-order valence-electron chi connectivity index (χ1n) is 0. The van der Waals surface area contributed by atoms with Crippen LogP contribution in [0.5, 0.6) is 0 Å². The Morgan fingerprint density at radius 3 is 0.667 bits per heavy atom. The zero-order valence-corrected chi connectivity index (χ0v) is 10.3. The molecule has 0 N–H and O–H groups in total. The fourth-order valence-corrected chi connectivity index (χ4v) is 0. The summed E-state index contributed by atoms with van der Waals surface area (Å²) in [6.45, 7) is 0. The van der Waals surface area contributed by atoms with Crippen LogP contribution in [0, 0.1) is 0 Å². The second kappa shape index (κ2) is 37.2. The van der Waals surface area contributed by atoms with E-state index < -0.39 is 0 Å². The summed E-state index contributed by atoms with van der Waals surface area (Å²) in [5, 5.41) is 0. The van der Waals surface area contributed by atoms with Crippen molar-refractivity contribution in [3.63, 3.8) is 0 Å². The summed E-state index contributed by atoms with van der Waals surface area (Å²) in [7, 11) is 0. The molecule has 0 aliphatic carbocycles. The van der Waals surface area contributed by atoms with E-state index in [0.717, 1.165) is 0 Å². The van der Waals surface area contributed by atoms with Crippen LogP contribution >= 0.6 is 0 Å². The van der Waals surface area contributed by atoms with Crippen LogP contribution in [0.2, 0.25) is 0 Å². The summed E-state index contributed by atoms with van der Waals surface area (Å²) >= 11 is 0. The Hall–Kier alpha value is 3.78. The molecule has 0 aromatic rings. The van der Waals surface area contributed by atoms with Crippen molar-refractivity contribution in [2.45, 2.75) is 0 Å². The van der Waals surface area contributed by atoms with Gasteiger partial charge in [0.1, 0.15) is 0 Å². The van der Waals surface area contributed by atoms with E-state index in [9.17, 15) is 0 Å². The van der Waals surface area contributed by atoms with E-state index in [-0.39, 0.29) is 118 Å². The summed E-state index contributed by atoms with van der Waals surface area (Å²) in [5.74, 6) is 0. The number of hydrogen-bond acceptors (Lipinski definition) is 0. The molecule has 0 unspecified atom stereocenters. The molecule has 0 amide bonds. The summed E-state index contributed by atoms with van der Waals surface area (Å²) in [5.41, 5.74) is 0. The standard InChI is InChI=1S/Ag.Cr.Cu.3Pd. The van der Waals surface area contributed by atoms with Crippen LogP contribution in [-0.2, 0) is 118 Å². The van der Waals surface area contributed by atoms with Crippen molar-refractivity contribution in [2.24, 2.45) is 0 Å². The maximum Gasteiger partial charge on any atom is 0 e. The molecule has 0 aliphatic heterocycles. The average Bonchev–Trinajstić information content (AvgIpc) is 0. The minimum Gasteiger partial charge on any atom is 0 e. The third-order valence-corrected chi connectivity index (χ3v) is 0. The molecular weight excluding hydrogens is 543 g/mol. The van der Waals surface area contributed by atoms with Crippen molar-refractivity contribution in [3.05, 3.63) is 0 Å². The second-order valence-electron chi connectivity index (χ2n) is 0. The van der Waals surface area contributed by atoms with Gasteiger partial charge in [-0.3, -0.25) is 0 Å². The SMILES string of the molecule is [Ag].[Cr].[Cu].[Pd].[Pd].[Pd]. The summed E-state index contributed by atoms with van der Waals surface area (Å²) in [6.07, 6.45) is 0. The van der Waals surface area contributed by atoms with E-state index in [4.69, 9.17) is 0 Å². The van der Waals surface area contributed by atoms with Gasteiger partial charge in [0, 0.05) is 118 Å². The third-order valence-electron chi connectivity index (χ3n) is 0. The Kier molecular flexibility index (Phi) is 327. The minimum atomic E-state index is 0. The molecule has 0 bridgehead atoms. The smallest absolute Gasteiger partial charge is 0 e. The second-order valence-corrected chi connectivity index (χ2v) is 0. The molecule has 0 heterocycles. The Morgan fingerprint density at radius 1 is 0.667 bits per heavy atom. The summed E-state index contributed by atoms with van der Waals surface area (Å²) in [4.78, 5) is 0. The molecular formula is AgCrCuPd3. The van der Waals surface area contributed by atoms with Gasteiger partial charge in [-0.2, -0.15) is 0 Å². The van der Waals surface area contributed by atoms with E-state index in [1.807, 2.05) is 0 Å². The quantitative estimate of drug-likeness (QED) is 0.378. The molecule has 0 fully saturated rings. The topological polar surface area (TPSA) is 0 Å². The van der Waals surface area contributed by atoms with Crippen LogP contribution in [-0.4, -0.2) is 0 Å². The van der Waals surface area contributed by atoms with Crippen LogP contribution in [0.4, 0.5) is 0 Å². The van der Waals surface area contributed by atoms with Crippen LogP contribution in [0.1, 0.15) is 0 Å². The van der Waals surface area contributed by atoms with Crippen LogP contribution in [0.15, 0.2) is 0 Å². The van der Waals surface area contributed by atoms with Gasteiger partial charge in [-0.05, 0) is 0 Å². The van der Waals surface area contributed by atoms with E-state index in [0.29, 0.717) is 0 Å². The zero-order chi connectivity index (χ0) is 0. The predicted molar refractivity (Wildman–Crippen MR) is 0 cm³/mol. The third kappa shape index (κ3) is 25.0. The first kappa shape index (κ1) is 52.8. The van der Waals surface area contributed by atoms with Crippen LogP contribution in [0.3, 0.4) is 0 Å². The van der Waals surface area contributed by atoms with Crippen molar-refractivity contribution < 1.29 is 118 Å². The minimum absolute atomic E-state index is 0. The Balaban J connectivity index is 0. The molecule has 0 nitrogen and oxygen atoms in total. The van der Waals surface area contributed by atoms with Crippen molar-refractivity contribution in [3.8, 4) is 0 Å². The van der Waals surface area contributed by atoms with Gasteiger partial charge in [0.25, 0.3) is 0 Å². The van der Waals surface area contributed by atoms with Crippen molar-refractivity contribution >= 4 is 0 Å². The Morgan fingerprint density at radius 2 is 0.667 bits per heavy atom. The van der Waals surface area contributed by atoms with E-state index in [2.05, 4.69) is 0 Å². The Bertz CT molecular complexity index is 10.8. The normalized spacial score (nSPS) is 0. The first-order valence-corrected chi connectivity index (χ1v) is 0. The molecule has 0 saturated carbocycles. The fourth-order valence-electron chi connectivity index (χ4n) is 0. The average molecular weight is 543 g/mol. The van der Waals surface area contributed by atoms with Gasteiger partial charge in [0.15, 0.2) is 0 Å². The van der Waals surface area contributed by atoms with Crippen molar-refractivity contribution in [2.75, 3.05) is 0 Å². The number of rotatable bonds is 0. The molecule has 0 aliphatic rings. The van der Waals surface area contributed by atoms with Gasteiger partial charge in [0.05, 0.1) is 0 Å². The summed E-state index contributed by atoms with van der Waals surface area (Å²) < 4.78 is 0. The predicted octanol–water partition coefficient (Wildman–Crippen LogP) is -0.0150. The summed E-state index contributed by atoms with van der Waals surface area (Å²) in [6, 6.07) is 0. The fraction of sp³-hybridized carbons (Fsp3) is 0. The maximum atomic E-state index is 0. The molecule has 6 heteroatoms. The van der Waals surface area contributed by atoms with E-state index in [1.54, 1.807) is 0 Å². The molecule has 58 valence electrons. The Labute approximate surface area is 116 Å². The van der Waals surface area contributed by atoms with Gasteiger partial charge in [-0.15, -0.1) is 0 Å². The van der Waals surface area contributed by atoms with E-state index in [1.165, 1.54) is 0 Å². The molecule has 6 heavy (non-hydrogen) atoms. The van der Waals surface area contributed by atoms with Gasteiger partial charge < -0.3 is 0 Å². The van der Waals surface area contributed by atoms with Crippen molar-refractivity contribution in [1.29, 1.82) is 0 Å². The molecule has 0 aromatic carbocycles. The largest absolute Gasteiger partial charge is 0 e. The van der Waals surface area contributed by atoms with Crippen molar-refractivity contribution in [1.82, 2.24) is 0 Å². The maximum absolute atomic E-state index is 0. The van der Waals surface area contributed by atoms with Crippen LogP contribution in [0.25, 0.3) is 0 Å². The van der Waals surface area contributed by atoms with Crippen LogP contribution < -0.4 is 0 Å². The zero-order valence-electron chi connectivity index (χ0n) is 1.96. The van der Waals surface area contributed by atoms with Gasteiger partial charge >= 0.3 is 0 Å². The molecule has 2 radical (unpaired) electrons. The van der Waals surface area contributed by atoms with Gasteiger partial charge in [-0.25, -0.2) is 0 Å². The molecule has 0 spiro atoms. The molecule has 0 aromatic heterocycles. The monoisotopic (exact) mass is 539 g/mol. The van der Waals surface area contributed by atoms with E-state index >= 15 is 0 Å². The molecule has 0 saturated heterocycles. The molecule has 0 atom stereocenters. The first-order chi connectivity index (χ1) is 0. The molecule has 0 rings (SSSR count).